The van der Waals surface area contributed by atoms with E-state index in [1.807, 2.05) is 43.5 Å². The summed E-state index contributed by atoms with van der Waals surface area (Å²) in [5.74, 6) is -0.188. The second-order valence-corrected chi connectivity index (χ2v) is 5.39. The zero-order chi connectivity index (χ0) is 13.8. The van der Waals surface area contributed by atoms with Gasteiger partial charge in [-0.15, -0.1) is 11.8 Å². The molecule has 98 valence electrons. The van der Waals surface area contributed by atoms with Crippen LogP contribution in [0.1, 0.15) is 15.9 Å². The largest absolute Gasteiger partial charge is 0.321 e. The average Bonchev–Trinajstić information content (AvgIpc) is 2.39. The molecular formula is C15H14ClNOS. The fraction of sp³-hybridized carbons (Fsp3) is 0.133. The smallest absolute Gasteiger partial charge is 0.257 e. The molecule has 2 rings (SSSR count). The molecule has 0 radical (unpaired) electrons. The number of carbonyl (C=O) groups excluding carboxylic acids is 1. The summed E-state index contributed by atoms with van der Waals surface area (Å²) >= 11 is 7.69. The summed E-state index contributed by atoms with van der Waals surface area (Å²) in [5, 5.41) is 3.37. The van der Waals surface area contributed by atoms with Gasteiger partial charge in [-0.25, -0.2) is 0 Å². The molecular weight excluding hydrogens is 278 g/mol. The number of anilines is 1. The highest BCUT2D eigenvalue weighted by atomic mass is 35.5. The summed E-state index contributed by atoms with van der Waals surface area (Å²) in [6.07, 6.45) is 1.98. The number of nitrogens with one attached hydrogen (secondary N) is 1. The molecule has 4 heteroatoms. The molecule has 0 saturated heterocycles. The molecule has 1 N–H and O–H groups in total. The summed E-state index contributed by atoms with van der Waals surface area (Å²) in [6, 6.07) is 13.1. The van der Waals surface area contributed by atoms with Crippen molar-refractivity contribution in [3.05, 3.63) is 58.6 Å². The van der Waals surface area contributed by atoms with Gasteiger partial charge in [0.1, 0.15) is 0 Å². The fourth-order valence-corrected chi connectivity index (χ4v) is 2.62. The van der Waals surface area contributed by atoms with Crippen LogP contribution in [0.4, 0.5) is 5.69 Å². The van der Waals surface area contributed by atoms with Gasteiger partial charge in [-0.2, -0.15) is 0 Å². The van der Waals surface area contributed by atoms with Crippen molar-refractivity contribution in [3.8, 4) is 0 Å². The first kappa shape index (κ1) is 14.0. The maximum Gasteiger partial charge on any atom is 0.257 e. The van der Waals surface area contributed by atoms with Gasteiger partial charge in [0.2, 0.25) is 0 Å². The highest BCUT2D eigenvalue weighted by Crippen LogP contribution is 2.26. The maximum absolute atomic E-state index is 12.2. The molecule has 19 heavy (non-hydrogen) atoms. The maximum atomic E-state index is 12.2. The third kappa shape index (κ3) is 3.31. The van der Waals surface area contributed by atoms with Gasteiger partial charge < -0.3 is 5.32 Å². The van der Waals surface area contributed by atoms with E-state index in [-0.39, 0.29) is 5.91 Å². The molecule has 0 atom stereocenters. The Morgan fingerprint density at radius 3 is 2.63 bits per heavy atom. The monoisotopic (exact) mass is 291 g/mol. The number of para-hydroxylation sites is 1. The van der Waals surface area contributed by atoms with Crippen LogP contribution in [0.15, 0.2) is 47.4 Å². The number of thioether (sulfide) groups is 1. The van der Waals surface area contributed by atoms with Gasteiger partial charge in [-0.05, 0) is 43.0 Å². The van der Waals surface area contributed by atoms with E-state index >= 15 is 0 Å². The molecule has 2 aromatic rings. The second kappa shape index (κ2) is 6.13. The normalized spacial score (nSPS) is 10.3. The number of benzene rings is 2. The van der Waals surface area contributed by atoms with E-state index in [2.05, 4.69) is 5.32 Å². The van der Waals surface area contributed by atoms with E-state index in [0.717, 1.165) is 16.1 Å². The minimum absolute atomic E-state index is 0.188. The summed E-state index contributed by atoms with van der Waals surface area (Å²) in [5.41, 5.74) is 2.32. The minimum atomic E-state index is -0.188. The van der Waals surface area contributed by atoms with Crippen molar-refractivity contribution in [1.82, 2.24) is 0 Å². The highest BCUT2D eigenvalue weighted by molar-refractivity contribution is 7.98. The van der Waals surface area contributed by atoms with Crippen LogP contribution in [-0.4, -0.2) is 12.2 Å². The quantitative estimate of drug-likeness (QED) is 0.836. The third-order valence-corrected chi connectivity index (χ3v) is 3.83. The van der Waals surface area contributed by atoms with Crippen LogP contribution in [0.3, 0.4) is 0 Å². The molecule has 0 aromatic heterocycles. The van der Waals surface area contributed by atoms with E-state index in [9.17, 15) is 4.79 Å². The van der Waals surface area contributed by atoms with E-state index in [1.165, 1.54) is 0 Å². The van der Waals surface area contributed by atoms with Crippen LogP contribution in [0.2, 0.25) is 5.02 Å². The first-order valence-corrected chi connectivity index (χ1v) is 7.42. The van der Waals surface area contributed by atoms with Crippen molar-refractivity contribution in [2.75, 3.05) is 11.6 Å². The number of carbonyl (C=O) groups is 1. The Hall–Kier alpha value is -1.45. The summed E-state index contributed by atoms with van der Waals surface area (Å²) in [4.78, 5) is 13.2. The third-order valence-electron chi connectivity index (χ3n) is 2.72. The lowest BCUT2D eigenvalue weighted by molar-refractivity contribution is 0.102. The van der Waals surface area contributed by atoms with Crippen molar-refractivity contribution in [3.63, 3.8) is 0 Å². The van der Waals surface area contributed by atoms with Gasteiger partial charge in [0.15, 0.2) is 0 Å². The van der Waals surface area contributed by atoms with Crippen LogP contribution < -0.4 is 5.32 Å². The van der Waals surface area contributed by atoms with Gasteiger partial charge in [0, 0.05) is 4.90 Å². The summed E-state index contributed by atoms with van der Waals surface area (Å²) < 4.78 is 0. The number of halogens is 1. The Kier molecular flexibility index (Phi) is 4.51. The molecule has 0 heterocycles. The molecule has 1 amide bonds. The number of amides is 1. The SMILES string of the molecule is CSc1ccccc1NC(=O)c1ccc(C)cc1Cl. The van der Waals surface area contributed by atoms with Crippen LogP contribution in [-0.2, 0) is 0 Å². The topological polar surface area (TPSA) is 29.1 Å². The number of aryl methyl sites for hydroxylation is 1. The Morgan fingerprint density at radius 1 is 1.21 bits per heavy atom. The van der Waals surface area contributed by atoms with E-state index in [4.69, 9.17) is 11.6 Å². The Morgan fingerprint density at radius 2 is 1.95 bits per heavy atom. The predicted octanol–water partition coefficient (Wildman–Crippen LogP) is 4.62. The molecule has 0 bridgehead atoms. The molecule has 0 aliphatic carbocycles. The van der Waals surface area contributed by atoms with Crippen LogP contribution in [0.5, 0.6) is 0 Å². The fourth-order valence-electron chi connectivity index (χ4n) is 1.74. The van der Waals surface area contributed by atoms with Gasteiger partial charge >= 0.3 is 0 Å². The van der Waals surface area contributed by atoms with Gasteiger partial charge in [-0.1, -0.05) is 29.8 Å². The Labute approximate surface area is 122 Å². The number of hydrogen-bond acceptors (Lipinski definition) is 2. The second-order valence-electron chi connectivity index (χ2n) is 4.14. The minimum Gasteiger partial charge on any atom is -0.321 e. The van der Waals surface area contributed by atoms with Crippen LogP contribution in [0.25, 0.3) is 0 Å². The Balaban J connectivity index is 2.26. The van der Waals surface area contributed by atoms with E-state index < -0.39 is 0 Å². The zero-order valence-corrected chi connectivity index (χ0v) is 12.3. The van der Waals surface area contributed by atoms with Gasteiger partial charge in [0.25, 0.3) is 5.91 Å². The lowest BCUT2D eigenvalue weighted by atomic mass is 10.1. The van der Waals surface area contributed by atoms with Crippen molar-refractivity contribution in [1.29, 1.82) is 0 Å². The molecule has 0 fully saturated rings. The summed E-state index contributed by atoms with van der Waals surface area (Å²) in [7, 11) is 0. The van der Waals surface area contributed by atoms with Crippen molar-refractivity contribution in [2.45, 2.75) is 11.8 Å². The molecule has 0 aliphatic rings. The molecule has 2 aromatic carbocycles. The molecule has 0 aliphatic heterocycles. The van der Waals surface area contributed by atoms with E-state index in [1.54, 1.807) is 23.9 Å². The predicted molar refractivity (Wildman–Crippen MR) is 82.4 cm³/mol. The number of rotatable bonds is 3. The first-order chi connectivity index (χ1) is 9.11. The first-order valence-electron chi connectivity index (χ1n) is 5.82. The average molecular weight is 292 g/mol. The summed E-state index contributed by atoms with van der Waals surface area (Å²) in [6.45, 7) is 1.94. The van der Waals surface area contributed by atoms with Crippen molar-refractivity contribution < 1.29 is 4.79 Å². The molecule has 2 nitrogen and oxygen atoms in total. The number of hydrogen-bond donors (Lipinski definition) is 1. The molecule has 0 saturated carbocycles. The highest BCUT2D eigenvalue weighted by Gasteiger charge is 2.12. The standard InChI is InChI=1S/C15H14ClNOS/c1-10-7-8-11(12(16)9-10)15(18)17-13-5-3-4-6-14(13)19-2/h3-9H,1-2H3,(H,17,18). The van der Waals surface area contributed by atoms with Crippen molar-refractivity contribution in [2.24, 2.45) is 0 Å². The lowest BCUT2D eigenvalue weighted by Crippen LogP contribution is -2.13. The lowest BCUT2D eigenvalue weighted by Gasteiger charge is -2.10. The van der Waals surface area contributed by atoms with Crippen LogP contribution in [0, 0.1) is 6.92 Å². The van der Waals surface area contributed by atoms with E-state index in [0.29, 0.717) is 10.6 Å². The van der Waals surface area contributed by atoms with Gasteiger partial charge in [0.05, 0.1) is 16.3 Å². The Bertz CT molecular complexity index is 613. The van der Waals surface area contributed by atoms with Crippen LogP contribution >= 0.6 is 23.4 Å². The van der Waals surface area contributed by atoms with Crippen molar-refractivity contribution >= 4 is 35.0 Å². The molecule has 0 spiro atoms. The zero-order valence-electron chi connectivity index (χ0n) is 10.7. The molecule has 0 unspecified atom stereocenters. The van der Waals surface area contributed by atoms with Gasteiger partial charge in [-0.3, -0.25) is 4.79 Å².